The van der Waals surface area contributed by atoms with Gasteiger partial charge in [-0.05, 0) is 43.3 Å². The van der Waals surface area contributed by atoms with Crippen LogP contribution in [0.4, 0.5) is 0 Å². The van der Waals surface area contributed by atoms with Crippen LogP contribution in [0.5, 0.6) is 5.75 Å². The normalized spacial score (nSPS) is 11.8. The number of rotatable bonds is 7. The molecule has 0 unspecified atom stereocenters. The molecule has 122 valence electrons. The average Bonchev–Trinajstić information content (AvgIpc) is 2.55. The lowest BCUT2D eigenvalue weighted by Crippen LogP contribution is -2.37. The third kappa shape index (κ3) is 5.98. The highest BCUT2D eigenvalue weighted by Crippen LogP contribution is 2.24. The zero-order chi connectivity index (χ0) is 16.7. The Morgan fingerprint density at radius 2 is 1.87 bits per heavy atom. The summed E-state index contributed by atoms with van der Waals surface area (Å²) in [7, 11) is 0. The molecule has 0 aliphatic rings. The van der Waals surface area contributed by atoms with Crippen LogP contribution in [0.1, 0.15) is 6.92 Å². The average molecular weight is 370 g/mol. The summed E-state index contributed by atoms with van der Waals surface area (Å²) < 4.78 is 5.57. The van der Waals surface area contributed by atoms with Gasteiger partial charge in [0.2, 0.25) is 0 Å². The molecule has 3 nitrogen and oxygen atoms in total. The molecule has 0 saturated heterocycles. The molecule has 0 aromatic heterocycles. The van der Waals surface area contributed by atoms with Crippen molar-refractivity contribution in [1.82, 2.24) is 5.32 Å². The second kappa shape index (κ2) is 9.06. The third-order valence-corrected chi connectivity index (χ3v) is 4.57. The third-order valence-electron chi connectivity index (χ3n) is 2.99. The molecule has 0 aliphatic heterocycles. The smallest absolute Gasteiger partial charge is 0.260 e. The van der Waals surface area contributed by atoms with Crippen LogP contribution >= 0.6 is 35.0 Å². The fourth-order valence-corrected chi connectivity index (χ4v) is 2.88. The zero-order valence-electron chi connectivity index (χ0n) is 12.6. The van der Waals surface area contributed by atoms with Crippen molar-refractivity contribution in [1.29, 1.82) is 0 Å². The first kappa shape index (κ1) is 18.0. The largest absolute Gasteiger partial charge is 0.479 e. The van der Waals surface area contributed by atoms with Gasteiger partial charge >= 0.3 is 0 Å². The molecule has 0 aliphatic carbocycles. The summed E-state index contributed by atoms with van der Waals surface area (Å²) >= 11 is 13.5. The first-order chi connectivity index (χ1) is 11.1. The summed E-state index contributed by atoms with van der Waals surface area (Å²) in [4.78, 5) is 13.1. The van der Waals surface area contributed by atoms with E-state index >= 15 is 0 Å². The van der Waals surface area contributed by atoms with Gasteiger partial charge in [-0.1, -0.05) is 35.3 Å². The monoisotopic (exact) mass is 369 g/mol. The molecule has 0 radical (unpaired) electrons. The van der Waals surface area contributed by atoms with Crippen molar-refractivity contribution >= 4 is 40.9 Å². The number of hydrogen-bond donors (Lipinski definition) is 1. The Balaban J connectivity index is 1.72. The van der Waals surface area contributed by atoms with E-state index in [-0.39, 0.29) is 5.91 Å². The Labute approximate surface area is 150 Å². The van der Waals surface area contributed by atoms with Crippen LogP contribution in [-0.4, -0.2) is 24.3 Å². The molecule has 0 spiro atoms. The van der Waals surface area contributed by atoms with Gasteiger partial charge in [-0.2, -0.15) is 0 Å². The minimum absolute atomic E-state index is 0.165. The molecule has 6 heteroatoms. The van der Waals surface area contributed by atoms with Crippen LogP contribution in [0.2, 0.25) is 10.0 Å². The van der Waals surface area contributed by atoms with Gasteiger partial charge in [-0.15, -0.1) is 11.8 Å². The van der Waals surface area contributed by atoms with Crippen LogP contribution in [0.3, 0.4) is 0 Å². The van der Waals surface area contributed by atoms with E-state index in [1.807, 2.05) is 36.4 Å². The van der Waals surface area contributed by atoms with E-state index < -0.39 is 6.10 Å². The topological polar surface area (TPSA) is 38.3 Å². The second-order valence-corrected chi connectivity index (χ2v) is 6.80. The Kier molecular flexibility index (Phi) is 7.09. The fraction of sp³-hybridized carbons (Fsp3) is 0.235. The van der Waals surface area contributed by atoms with E-state index in [1.165, 1.54) is 0 Å². The van der Waals surface area contributed by atoms with Gasteiger partial charge in [0.15, 0.2) is 6.10 Å². The number of thioether (sulfide) groups is 1. The summed E-state index contributed by atoms with van der Waals surface area (Å²) in [5.41, 5.74) is 0. The SMILES string of the molecule is C[C@H](Oc1ccccc1Cl)C(=O)NCCSc1ccc(Cl)cc1. The van der Waals surface area contributed by atoms with Crippen molar-refractivity contribution < 1.29 is 9.53 Å². The Morgan fingerprint density at radius 3 is 2.57 bits per heavy atom. The summed E-state index contributed by atoms with van der Waals surface area (Å²) in [6.45, 7) is 2.26. The standard InChI is InChI=1S/C17H17Cl2NO2S/c1-12(22-16-5-3-2-4-15(16)19)17(21)20-10-11-23-14-8-6-13(18)7-9-14/h2-9,12H,10-11H2,1H3,(H,20,21)/t12-/m0/s1. The maximum atomic E-state index is 12.0. The Bertz CT molecular complexity index is 649. The zero-order valence-corrected chi connectivity index (χ0v) is 14.9. The van der Waals surface area contributed by atoms with Crippen LogP contribution in [0.15, 0.2) is 53.4 Å². The first-order valence-corrected chi connectivity index (χ1v) is 8.87. The van der Waals surface area contributed by atoms with Gasteiger partial charge in [0.05, 0.1) is 5.02 Å². The number of carbonyl (C=O) groups is 1. The molecule has 0 fully saturated rings. The van der Waals surface area contributed by atoms with Crippen LogP contribution in [-0.2, 0) is 4.79 Å². The number of benzene rings is 2. The molecule has 2 aromatic carbocycles. The number of amides is 1. The maximum absolute atomic E-state index is 12.0. The first-order valence-electron chi connectivity index (χ1n) is 7.13. The van der Waals surface area contributed by atoms with Gasteiger partial charge < -0.3 is 10.1 Å². The molecule has 1 N–H and O–H groups in total. The minimum atomic E-state index is -0.601. The lowest BCUT2D eigenvalue weighted by Gasteiger charge is -2.15. The molecule has 2 aromatic rings. The summed E-state index contributed by atoms with van der Waals surface area (Å²) in [6, 6.07) is 14.7. The number of hydrogen-bond acceptors (Lipinski definition) is 3. The molecule has 0 saturated carbocycles. The van der Waals surface area contributed by atoms with Crippen molar-refractivity contribution in [2.75, 3.05) is 12.3 Å². The van der Waals surface area contributed by atoms with Crippen molar-refractivity contribution in [3.63, 3.8) is 0 Å². The van der Waals surface area contributed by atoms with Gasteiger partial charge in [0, 0.05) is 22.2 Å². The van der Waals surface area contributed by atoms with E-state index in [9.17, 15) is 4.79 Å². The Hall–Kier alpha value is -1.36. The molecule has 1 amide bonds. The van der Waals surface area contributed by atoms with E-state index in [1.54, 1.807) is 30.8 Å². The van der Waals surface area contributed by atoms with E-state index in [0.29, 0.717) is 22.3 Å². The van der Waals surface area contributed by atoms with Gasteiger partial charge in [0.25, 0.3) is 5.91 Å². The summed E-state index contributed by atoms with van der Waals surface area (Å²) in [6.07, 6.45) is -0.601. The van der Waals surface area contributed by atoms with Gasteiger partial charge in [0.1, 0.15) is 5.75 Å². The quantitative estimate of drug-likeness (QED) is 0.569. The number of halogens is 2. The minimum Gasteiger partial charge on any atom is -0.479 e. The molecular weight excluding hydrogens is 353 g/mol. The lowest BCUT2D eigenvalue weighted by atomic mass is 10.3. The lowest BCUT2D eigenvalue weighted by molar-refractivity contribution is -0.127. The van der Waals surface area contributed by atoms with E-state index in [2.05, 4.69) is 5.32 Å². The number of nitrogens with one attached hydrogen (secondary N) is 1. The van der Waals surface area contributed by atoms with E-state index in [4.69, 9.17) is 27.9 Å². The summed E-state index contributed by atoms with van der Waals surface area (Å²) in [5.74, 6) is 1.11. The predicted molar refractivity (Wildman–Crippen MR) is 96.7 cm³/mol. The van der Waals surface area contributed by atoms with Crippen molar-refractivity contribution in [2.45, 2.75) is 17.9 Å². The highest BCUT2D eigenvalue weighted by molar-refractivity contribution is 7.99. The van der Waals surface area contributed by atoms with Gasteiger partial charge in [-0.3, -0.25) is 4.79 Å². The molecular formula is C17H17Cl2NO2S. The number of para-hydroxylation sites is 1. The second-order valence-electron chi connectivity index (χ2n) is 4.78. The van der Waals surface area contributed by atoms with Crippen LogP contribution in [0, 0.1) is 0 Å². The van der Waals surface area contributed by atoms with E-state index in [0.717, 1.165) is 10.6 Å². The van der Waals surface area contributed by atoms with Crippen molar-refractivity contribution in [3.05, 3.63) is 58.6 Å². The van der Waals surface area contributed by atoms with Crippen molar-refractivity contribution in [3.8, 4) is 5.75 Å². The molecule has 0 heterocycles. The van der Waals surface area contributed by atoms with Crippen LogP contribution < -0.4 is 10.1 Å². The molecule has 23 heavy (non-hydrogen) atoms. The van der Waals surface area contributed by atoms with Crippen molar-refractivity contribution in [2.24, 2.45) is 0 Å². The van der Waals surface area contributed by atoms with Crippen LogP contribution in [0.25, 0.3) is 0 Å². The predicted octanol–water partition coefficient (Wildman–Crippen LogP) is 4.67. The maximum Gasteiger partial charge on any atom is 0.260 e. The number of ether oxygens (including phenoxy) is 1. The highest BCUT2D eigenvalue weighted by atomic mass is 35.5. The van der Waals surface area contributed by atoms with Gasteiger partial charge in [-0.25, -0.2) is 0 Å². The molecule has 0 bridgehead atoms. The Morgan fingerprint density at radius 1 is 1.17 bits per heavy atom. The molecule has 2 rings (SSSR count). The number of carbonyl (C=O) groups excluding carboxylic acids is 1. The fourth-order valence-electron chi connectivity index (χ4n) is 1.80. The molecule has 1 atom stereocenters. The summed E-state index contributed by atoms with van der Waals surface area (Å²) in [5, 5.41) is 4.06. The highest BCUT2D eigenvalue weighted by Gasteiger charge is 2.15.